The second-order valence-electron chi connectivity index (χ2n) is 6.37. The Balaban J connectivity index is 2.03. The van der Waals surface area contributed by atoms with E-state index >= 15 is 0 Å². The van der Waals surface area contributed by atoms with E-state index in [0.29, 0.717) is 11.1 Å². The molecule has 7 nitrogen and oxygen atoms in total. The highest BCUT2D eigenvalue weighted by Crippen LogP contribution is 2.30. The van der Waals surface area contributed by atoms with Crippen LogP contribution < -0.4 is 14.2 Å². The number of benzene rings is 2. The number of ether oxygens (including phenoxy) is 1. The molecule has 0 aliphatic heterocycles. The first-order valence-electron chi connectivity index (χ1n) is 9.05. The van der Waals surface area contributed by atoms with E-state index in [1.165, 1.54) is 38.3 Å². The Bertz CT molecular complexity index is 1290. The van der Waals surface area contributed by atoms with E-state index in [1.807, 2.05) is 6.07 Å². The number of anilines is 2. The minimum atomic E-state index is -4.38. The average Bonchev–Trinajstić information content (AvgIpc) is 2.75. The molecule has 2 N–H and O–H groups in total. The largest absolute Gasteiger partial charge is 0.497 e. The molecule has 0 radical (unpaired) electrons. The summed E-state index contributed by atoms with van der Waals surface area (Å²) in [5.41, 5.74) is 0.558. The molecule has 0 aliphatic carbocycles. The predicted molar refractivity (Wildman–Crippen MR) is 116 cm³/mol. The van der Waals surface area contributed by atoms with Crippen molar-refractivity contribution in [3.8, 4) is 16.9 Å². The maximum absolute atomic E-state index is 14.3. The summed E-state index contributed by atoms with van der Waals surface area (Å²) in [6, 6.07) is 18.8. The zero-order valence-electron chi connectivity index (χ0n) is 16.6. The summed E-state index contributed by atoms with van der Waals surface area (Å²) in [5.74, 6) is -0.976. The maximum atomic E-state index is 14.3. The minimum Gasteiger partial charge on any atom is -0.497 e. The number of sulfonamides is 2. The molecule has 31 heavy (non-hydrogen) atoms. The minimum absolute atomic E-state index is 0.219. The Morgan fingerprint density at radius 2 is 1.65 bits per heavy atom. The van der Waals surface area contributed by atoms with Crippen LogP contribution in [0.5, 0.6) is 5.75 Å². The maximum Gasteiger partial charge on any atom is 0.264 e. The Kier molecular flexibility index (Phi) is 6.38. The van der Waals surface area contributed by atoms with Crippen molar-refractivity contribution in [2.75, 3.05) is 22.3 Å². The molecule has 0 heterocycles. The first-order chi connectivity index (χ1) is 14.6. The summed E-state index contributed by atoms with van der Waals surface area (Å²) in [6.07, 6.45) is 0. The first-order valence-corrected chi connectivity index (χ1v) is 12.2. The summed E-state index contributed by atoms with van der Waals surface area (Å²) in [4.78, 5) is -0.390. The van der Waals surface area contributed by atoms with Crippen LogP contribution >= 0.6 is 0 Å². The van der Waals surface area contributed by atoms with Crippen LogP contribution in [0.1, 0.15) is 6.92 Å². The molecule has 0 unspecified atom stereocenters. The molecule has 0 bridgehead atoms. The number of rotatable bonds is 8. The van der Waals surface area contributed by atoms with Crippen LogP contribution in [0.25, 0.3) is 11.1 Å². The molecule has 3 aromatic carbocycles. The van der Waals surface area contributed by atoms with Gasteiger partial charge in [-0.2, -0.15) is 4.39 Å². The van der Waals surface area contributed by atoms with Crippen molar-refractivity contribution in [1.82, 2.24) is 0 Å². The second-order valence-corrected chi connectivity index (χ2v) is 10.0. The molecule has 0 aromatic heterocycles. The van der Waals surface area contributed by atoms with Gasteiger partial charge in [-0.15, -0.1) is 0 Å². The highest BCUT2D eigenvalue weighted by atomic mass is 32.2. The first kappa shape index (κ1) is 22.4. The fraction of sp³-hybridized carbons (Fsp3) is 0.143. The molecule has 0 spiro atoms. The zero-order chi connectivity index (χ0) is 22.6. The monoisotopic (exact) mass is 462 g/mol. The van der Waals surface area contributed by atoms with Crippen molar-refractivity contribution in [2.24, 2.45) is 0 Å². The molecule has 0 saturated carbocycles. The Hall–Kier alpha value is -3.29. The quantitative estimate of drug-likeness (QED) is 0.532. The fourth-order valence-electron chi connectivity index (χ4n) is 2.67. The van der Waals surface area contributed by atoms with Gasteiger partial charge in [0.1, 0.15) is 10.6 Å². The van der Waals surface area contributed by atoms with Crippen LogP contribution in [0.3, 0.4) is 0 Å². The topological polar surface area (TPSA) is 102 Å². The molecule has 0 fully saturated rings. The van der Waals surface area contributed by atoms with E-state index in [2.05, 4.69) is 21.6 Å². The van der Waals surface area contributed by atoms with E-state index in [1.54, 1.807) is 24.3 Å². The van der Waals surface area contributed by atoms with Gasteiger partial charge in [0.2, 0.25) is 10.0 Å². The molecule has 3 aromatic rings. The molecule has 0 aliphatic rings. The van der Waals surface area contributed by atoms with Gasteiger partial charge in [0, 0.05) is 11.6 Å². The molecular formula is C21H19FN2O5S2. The predicted octanol–water partition coefficient (Wildman–Crippen LogP) is 3.66. The molecular weight excluding hydrogens is 443 g/mol. The van der Waals surface area contributed by atoms with Crippen molar-refractivity contribution in [3.63, 3.8) is 0 Å². The van der Waals surface area contributed by atoms with Crippen LogP contribution in [0.4, 0.5) is 15.8 Å². The van der Waals surface area contributed by atoms with Gasteiger partial charge in [-0.1, -0.05) is 36.4 Å². The van der Waals surface area contributed by atoms with Gasteiger partial charge in [-0.3, -0.25) is 9.44 Å². The van der Waals surface area contributed by atoms with Crippen LogP contribution in [0, 0.1) is 17.9 Å². The highest BCUT2D eigenvalue weighted by Gasteiger charge is 2.23. The average molecular weight is 463 g/mol. The standard InChI is InChI=1S/C21H19FN2O5S2/c1-3-30(25,26)23-20-14-17(29-2)10-12-21(20)31(27,28)24-19-13-16(9-11-18(19)22)15-7-5-4-6-8-15/h4-8,10,12-14,23-24H,3H2,1-2H3. The van der Waals surface area contributed by atoms with Gasteiger partial charge in [-0.25, -0.2) is 16.8 Å². The third kappa shape index (κ3) is 5.25. The third-order valence-corrected chi connectivity index (χ3v) is 7.00. The zero-order valence-corrected chi connectivity index (χ0v) is 18.3. The van der Waals surface area contributed by atoms with E-state index in [-0.39, 0.29) is 27.8 Å². The molecule has 162 valence electrons. The lowest BCUT2D eigenvalue weighted by Crippen LogP contribution is -2.20. The van der Waals surface area contributed by atoms with E-state index in [4.69, 9.17) is 4.74 Å². The summed E-state index contributed by atoms with van der Waals surface area (Å²) in [6.45, 7) is 1.41. The number of halogens is 1. The summed E-state index contributed by atoms with van der Waals surface area (Å²) >= 11 is 0. The molecule has 0 saturated heterocycles. The smallest absolute Gasteiger partial charge is 0.264 e. The molecule has 3 rings (SSSR count). The van der Waals surface area contributed by atoms with Crippen LogP contribution in [0.15, 0.2) is 59.5 Å². The van der Waals surface area contributed by atoms with Gasteiger partial charge in [0.25, 0.3) is 10.0 Å². The van der Waals surface area contributed by atoms with Crippen LogP contribution in [-0.4, -0.2) is 29.7 Å². The van der Waals surface area contributed by atoms with Gasteiger partial charge in [0.15, 0.2) is 5.82 Å². The van der Waals surface area contributed by atoms with Gasteiger partial charge < -0.3 is 4.74 Å². The van der Waals surface area contributed by atoms with Crippen molar-refractivity contribution >= 4 is 31.4 Å². The van der Waals surface area contributed by atoms with Gasteiger partial charge >= 0.3 is 0 Å². The molecule has 0 atom stereocenters. The van der Waals surface area contributed by atoms with Crippen LogP contribution in [0.2, 0.25) is 0 Å². The van der Waals surface area contributed by atoms with Gasteiger partial charge in [-0.05, 0) is 36.8 Å². The van der Waals surface area contributed by atoms with Crippen LogP contribution in [-0.2, 0) is 20.0 Å². The number of hydrogen-bond donors (Lipinski definition) is 2. The number of methoxy groups -OCH3 is 1. The lowest BCUT2D eigenvalue weighted by Gasteiger charge is -2.15. The number of hydrogen-bond acceptors (Lipinski definition) is 5. The van der Waals surface area contributed by atoms with E-state index in [0.717, 1.165) is 0 Å². The summed E-state index contributed by atoms with van der Waals surface area (Å²) in [7, 11) is -6.81. The van der Waals surface area contributed by atoms with Crippen molar-refractivity contribution < 1.29 is 26.0 Å². The SMILES string of the molecule is CCS(=O)(=O)Nc1cc(OC)ccc1S(=O)(=O)Nc1cc(-c2ccccc2)c#cc1F. The highest BCUT2D eigenvalue weighted by molar-refractivity contribution is 7.93. The Labute approximate surface area is 181 Å². The van der Waals surface area contributed by atoms with E-state index < -0.39 is 25.9 Å². The summed E-state index contributed by atoms with van der Waals surface area (Å²) < 4.78 is 73.9. The second kappa shape index (κ2) is 8.83. The summed E-state index contributed by atoms with van der Waals surface area (Å²) in [5, 5.41) is 0. The lowest BCUT2D eigenvalue weighted by atomic mass is 10.1. The van der Waals surface area contributed by atoms with Crippen molar-refractivity contribution in [1.29, 1.82) is 0 Å². The van der Waals surface area contributed by atoms with Crippen molar-refractivity contribution in [2.45, 2.75) is 11.8 Å². The number of nitrogens with one attached hydrogen (secondary N) is 2. The third-order valence-electron chi connectivity index (χ3n) is 4.28. The lowest BCUT2D eigenvalue weighted by molar-refractivity contribution is 0.414. The molecule has 10 heteroatoms. The van der Waals surface area contributed by atoms with Crippen molar-refractivity contribution in [3.05, 3.63) is 72.5 Å². The molecule has 0 amide bonds. The van der Waals surface area contributed by atoms with E-state index in [9.17, 15) is 21.2 Å². The normalized spacial score (nSPS) is 11.5. The Morgan fingerprint density at radius 1 is 0.935 bits per heavy atom. The Morgan fingerprint density at radius 3 is 2.29 bits per heavy atom. The van der Waals surface area contributed by atoms with Gasteiger partial charge in [0.05, 0.1) is 24.2 Å². The fourth-order valence-corrected chi connectivity index (χ4v) is 4.58.